The maximum atomic E-state index is 12.2. The molecule has 4 heteroatoms. The topological polar surface area (TPSA) is 39.4 Å². The van der Waals surface area contributed by atoms with Gasteiger partial charge in [0.2, 0.25) is 0 Å². The normalized spacial score (nSPS) is 10.9. The molecule has 0 saturated carbocycles. The quantitative estimate of drug-likeness (QED) is 0.455. The number of carbonyl (C=O) groups excluding carboxylic acids is 1. The van der Waals surface area contributed by atoms with E-state index < -0.39 is 0 Å². The second kappa shape index (κ2) is 7.20. The molecule has 0 fully saturated rings. The van der Waals surface area contributed by atoms with Crippen molar-refractivity contribution in [3.05, 3.63) is 83.1 Å². The van der Waals surface area contributed by atoms with Crippen LogP contribution in [0.2, 0.25) is 5.02 Å². The van der Waals surface area contributed by atoms with E-state index in [2.05, 4.69) is 0 Å². The highest BCUT2D eigenvalue weighted by Crippen LogP contribution is 2.25. The van der Waals surface area contributed by atoms with Gasteiger partial charge in [0, 0.05) is 16.1 Å². The minimum absolute atomic E-state index is 0.0987. The van der Waals surface area contributed by atoms with E-state index in [0.29, 0.717) is 27.9 Å². The molecule has 0 saturated heterocycles. The number of halogens is 1. The van der Waals surface area contributed by atoms with Crippen LogP contribution in [0.25, 0.3) is 17.4 Å². The van der Waals surface area contributed by atoms with Crippen molar-refractivity contribution in [2.24, 2.45) is 0 Å². The monoisotopic (exact) mass is 338 g/mol. The maximum absolute atomic E-state index is 12.2. The van der Waals surface area contributed by atoms with E-state index in [4.69, 9.17) is 20.8 Å². The molecule has 0 unspecified atom stereocenters. The number of ether oxygens (including phenoxy) is 1. The Morgan fingerprint density at radius 1 is 1.08 bits per heavy atom. The Labute approximate surface area is 145 Å². The summed E-state index contributed by atoms with van der Waals surface area (Å²) in [5, 5.41) is 0.649. The van der Waals surface area contributed by atoms with Crippen molar-refractivity contribution < 1.29 is 13.9 Å². The second-order valence-corrected chi connectivity index (χ2v) is 5.57. The summed E-state index contributed by atoms with van der Waals surface area (Å²) < 4.78 is 10.8. The van der Waals surface area contributed by atoms with E-state index in [1.54, 1.807) is 37.5 Å². The summed E-state index contributed by atoms with van der Waals surface area (Å²) in [6.07, 6.45) is 3.14. The molecule has 3 aromatic rings. The molecule has 3 rings (SSSR count). The number of ketones is 1. The van der Waals surface area contributed by atoms with E-state index in [1.165, 1.54) is 6.08 Å². The van der Waals surface area contributed by atoms with Gasteiger partial charge in [-0.3, -0.25) is 4.79 Å². The number of hydrogen-bond donors (Lipinski definition) is 0. The van der Waals surface area contributed by atoms with Crippen LogP contribution in [0.3, 0.4) is 0 Å². The average molecular weight is 339 g/mol. The maximum Gasteiger partial charge on any atom is 0.185 e. The molecule has 2 aromatic carbocycles. The van der Waals surface area contributed by atoms with Gasteiger partial charge < -0.3 is 9.15 Å². The molecule has 0 radical (unpaired) electrons. The average Bonchev–Trinajstić information content (AvgIpc) is 3.09. The number of allylic oxidation sites excluding steroid dienone is 1. The third-order valence-corrected chi connectivity index (χ3v) is 3.74. The molecular formula is C20H15ClO3. The van der Waals surface area contributed by atoms with Crippen LogP contribution in [0.15, 0.2) is 71.2 Å². The first-order valence-electron chi connectivity index (χ1n) is 7.38. The Kier molecular flexibility index (Phi) is 4.82. The van der Waals surface area contributed by atoms with E-state index in [-0.39, 0.29) is 5.78 Å². The van der Waals surface area contributed by atoms with Gasteiger partial charge in [-0.2, -0.15) is 0 Å². The number of carbonyl (C=O) groups is 1. The highest BCUT2D eigenvalue weighted by Gasteiger charge is 2.05. The Balaban J connectivity index is 1.73. The molecule has 0 aliphatic heterocycles. The van der Waals surface area contributed by atoms with Crippen LogP contribution in [-0.4, -0.2) is 12.9 Å². The molecule has 0 amide bonds. The first kappa shape index (κ1) is 16.1. The fourth-order valence-electron chi connectivity index (χ4n) is 2.25. The molecule has 0 spiro atoms. The van der Waals surface area contributed by atoms with Crippen molar-refractivity contribution in [1.82, 2.24) is 0 Å². The molecule has 0 atom stereocenters. The summed E-state index contributed by atoms with van der Waals surface area (Å²) >= 11 is 5.98. The standard InChI is InChI=1S/C20H15ClO3/c1-23-17-7-5-14(6-8-17)19(22)11-9-18-10-12-20(24-18)15-3-2-4-16(21)13-15/h2-13H,1H3. The van der Waals surface area contributed by atoms with E-state index in [0.717, 1.165) is 5.56 Å². The molecule has 0 bridgehead atoms. The van der Waals surface area contributed by atoms with Crippen molar-refractivity contribution >= 4 is 23.5 Å². The van der Waals surface area contributed by atoms with Gasteiger partial charge in [-0.1, -0.05) is 23.7 Å². The third kappa shape index (κ3) is 3.76. The lowest BCUT2D eigenvalue weighted by Crippen LogP contribution is -1.93. The fourth-order valence-corrected chi connectivity index (χ4v) is 2.44. The summed E-state index contributed by atoms with van der Waals surface area (Å²) in [6.45, 7) is 0. The molecule has 0 N–H and O–H groups in total. The van der Waals surface area contributed by atoms with E-state index in [1.807, 2.05) is 36.4 Å². The molecule has 3 nitrogen and oxygen atoms in total. The smallest absolute Gasteiger partial charge is 0.185 e. The van der Waals surface area contributed by atoms with Crippen LogP contribution in [0, 0.1) is 0 Å². The predicted octanol–water partition coefficient (Wildman–Crippen LogP) is 5.50. The van der Waals surface area contributed by atoms with Crippen molar-refractivity contribution in [3.8, 4) is 17.1 Å². The SMILES string of the molecule is COc1ccc(C(=O)C=Cc2ccc(-c3cccc(Cl)c3)o2)cc1. The molecular weight excluding hydrogens is 324 g/mol. The van der Waals surface area contributed by atoms with E-state index >= 15 is 0 Å². The molecule has 0 aliphatic carbocycles. The van der Waals surface area contributed by atoms with E-state index in [9.17, 15) is 4.79 Å². The van der Waals surface area contributed by atoms with Crippen LogP contribution in [0.4, 0.5) is 0 Å². The van der Waals surface area contributed by atoms with Crippen molar-refractivity contribution in [3.63, 3.8) is 0 Å². The Bertz CT molecular complexity index is 876. The largest absolute Gasteiger partial charge is 0.497 e. The highest BCUT2D eigenvalue weighted by molar-refractivity contribution is 6.30. The van der Waals surface area contributed by atoms with Gasteiger partial charge in [-0.15, -0.1) is 0 Å². The predicted molar refractivity (Wildman–Crippen MR) is 95.5 cm³/mol. The summed E-state index contributed by atoms with van der Waals surface area (Å²) in [6, 6.07) is 18.0. The Morgan fingerprint density at radius 3 is 2.58 bits per heavy atom. The van der Waals surface area contributed by atoms with Crippen molar-refractivity contribution in [2.45, 2.75) is 0 Å². The number of benzene rings is 2. The van der Waals surface area contributed by atoms with Gasteiger partial charge in [0.1, 0.15) is 17.3 Å². The molecule has 24 heavy (non-hydrogen) atoms. The van der Waals surface area contributed by atoms with Crippen LogP contribution in [0.5, 0.6) is 5.75 Å². The number of furan rings is 1. The minimum Gasteiger partial charge on any atom is -0.497 e. The van der Waals surface area contributed by atoms with Gasteiger partial charge in [0.05, 0.1) is 7.11 Å². The lowest BCUT2D eigenvalue weighted by atomic mass is 10.1. The van der Waals surface area contributed by atoms with Gasteiger partial charge in [-0.05, 0) is 60.7 Å². The van der Waals surface area contributed by atoms with Gasteiger partial charge >= 0.3 is 0 Å². The Morgan fingerprint density at radius 2 is 1.88 bits per heavy atom. The molecule has 1 heterocycles. The first-order chi connectivity index (χ1) is 11.7. The summed E-state index contributed by atoms with van der Waals surface area (Å²) in [4.78, 5) is 12.2. The van der Waals surface area contributed by atoms with Crippen molar-refractivity contribution in [1.29, 1.82) is 0 Å². The number of rotatable bonds is 5. The van der Waals surface area contributed by atoms with Crippen LogP contribution in [0.1, 0.15) is 16.1 Å². The minimum atomic E-state index is -0.0987. The molecule has 0 aliphatic rings. The number of methoxy groups -OCH3 is 1. The van der Waals surface area contributed by atoms with Gasteiger partial charge in [0.25, 0.3) is 0 Å². The summed E-state index contributed by atoms with van der Waals surface area (Å²) in [5.41, 5.74) is 1.48. The van der Waals surface area contributed by atoms with Gasteiger partial charge in [0.15, 0.2) is 5.78 Å². The summed E-state index contributed by atoms with van der Waals surface area (Å²) in [5.74, 6) is 1.92. The first-order valence-corrected chi connectivity index (χ1v) is 7.76. The zero-order valence-corrected chi connectivity index (χ0v) is 13.8. The zero-order chi connectivity index (χ0) is 16.9. The second-order valence-electron chi connectivity index (χ2n) is 5.14. The lowest BCUT2D eigenvalue weighted by molar-refractivity contribution is 0.104. The fraction of sp³-hybridized carbons (Fsp3) is 0.0500. The number of hydrogen-bond acceptors (Lipinski definition) is 3. The van der Waals surface area contributed by atoms with Crippen LogP contribution >= 0.6 is 11.6 Å². The Hall–Kier alpha value is -2.78. The van der Waals surface area contributed by atoms with Crippen LogP contribution < -0.4 is 4.74 Å². The summed E-state index contributed by atoms with van der Waals surface area (Å²) in [7, 11) is 1.59. The molecule has 1 aromatic heterocycles. The highest BCUT2D eigenvalue weighted by atomic mass is 35.5. The van der Waals surface area contributed by atoms with Gasteiger partial charge in [-0.25, -0.2) is 0 Å². The zero-order valence-electron chi connectivity index (χ0n) is 13.0. The van der Waals surface area contributed by atoms with Crippen LogP contribution in [-0.2, 0) is 0 Å². The van der Waals surface area contributed by atoms with Crippen molar-refractivity contribution in [2.75, 3.05) is 7.11 Å². The molecule has 120 valence electrons. The third-order valence-electron chi connectivity index (χ3n) is 3.51. The lowest BCUT2D eigenvalue weighted by Gasteiger charge is -1.99.